The van der Waals surface area contributed by atoms with E-state index in [1.165, 1.54) is 53.5 Å². The quantitative estimate of drug-likeness (QED) is 0.415. The molecule has 0 aromatic carbocycles. The van der Waals surface area contributed by atoms with Crippen LogP contribution in [-0.2, 0) is 11.2 Å². The molecule has 2 aromatic rings. The van der Waals surface area contributed by atoms with Crippen LogP contribution in [0.15, 0.2) is 11.4 Å². The number of hydrogen-bond donors (Lipinski definition) is 0. The summed E-state index contributed by atoms with van der Waals surface area (Å²) in [7, 11) is 0. The Morgan fingerprint density at radius 2 is 1.90 bits per heavy atom. The van der Waals surface area contributed by atoms with Crippen LogP contribution < -0.4 is 0 Å². The van der Waals surface area contributed by atoms with E-state index >= 15 is 0 Å². The van der Waals surface area contributed by atoms with Gasteiger partial charge in [-0.2, -0.15) is 0 Å². The molecule has 0 radical (unpaired) electrons. The fourth-order valence-electron chi connectivity index (χ4n) is 2.54. The molecule has 2 rings (SSSR count). The van der Waals surface area contributed by atoms with Crippen LogP contribution in [0.4, 0.5) is 0 Å². The molecule has 0 saturated heterocycles. The van der Waals surface area contributed by atoms with E-state index in [1.54, 1.807) is 22.7 Å². The lowest BCUT2D eigenvalue weighted by atomic mass is 10.1. The summed E-state index contributed by atoms with van der Waals surface area (Å²) in [5.41, 5.74) is 1.22. The van der Waals surface area contributed by atoms with Crippen molar-refractivity contribution in [3.63, 3.8) is 0 Å². The summed E-state index contributed by atoms with van der Waals surface area (Å²) in [6, 6.07) is 2.11. The zero-order valence-corrected chi connectivity index (χ0v) is 14.6. The highest BCUT2D eigenvalue weighted by molar-refractivity contribution is 7.28. The molecule has 0 unspecified atom stereocenters. The predicted molar refractivity (Wildman–Crippen MR) is 92.7 cm³/mol. The molecule has 0 atom stereocenters. The Kier molecular flexibility index (Phi) is 6.71. The Morgan fingerprint density at radius 3 is 2.67 bits per heavy atom. The minimum Gasteiger partial charge on any atom is -0.462 e. The van der Waals surface area contributed by atoms with E-state index in [4.69, 9.17) is 4.74 Å². The van der Waals surface area contributed by atoms with E-state index in [1.807, 2.05) is 6.92 Å². The highest BCUT2D eigenvalue weighted by Crippen LogP contribution is 2.36. The van der Waals surface area contributed by atoms with Crippen LogP contribution >= 0.6 is 22.7 Å². The zero-order valence-electron chi connectivity index (χ0n) is 12.9. The Bertz CT molecular complexity index is 568. The van der Waals surface area contributed by atoms with Gasteiger partial charge in [-0.1, -0.05) is 39.0 Å². The van der Waals surface area contributed by atoms with Crippen molar-refractivity contribution in [3.8, 4) is 0 Å². The van der Waals surface area contributed by atoms with Crippen LogP contribution in [0, 0.1) is 0 Å². The van der Waals surface area contributed by atoms with Gasteiger partial charge in [-0.05, 0) is 36.8 Å². The van der Waals surface area contributed by atoms with Crippen LogP contribution in [0.3, 0.4) is 0 Å². The second-order valence-corrected chi connectivity index (χ2v) is 7.23. The second kappa shape index (κ2) is 8.54. The van der Waals surface area contributed by atoms with Crippen molar-refractivity contribution in [3.05, 3.63) is 21.9 Å². The average Bonchev–Trinajstić information content (AvgIpc) is 3.04. The summed E-state index contributed by atoms with van der Waals surface area (Å²) in [6.45, 7) is 4.55. The molecule has 0 bridgehead atoms. The minimum absolute atomic E-state index is 0.146. The molecule has 0 spiro atoms. The van der Waals surface area contributed by atoms with Gasteiger partial charge in [-0.25, -0.2) is 4.79 Å². The van der Waals surface area contributed by atoms with Crippen molar-refractivity contribution < 1.29 is 9.53 Å². The Morgan fingerprint density at radius 1 is 1.14 bits per heavy atom. The van der Waals surface area contributed by atoms with E-state index in [0.29, 0.717) is 6.61 Å². The lowest BCUT2D eigenvalue weighted by molar-refractivity contribution is 0.0531. The van der Waals surface area contributed by atoms with E-state index in [9.17, 15) is 4.79 Å². The maximum atomic E-state index is 12.1. The first-order chi connectivity index (χ1) is 10.3. The van der Waals surface area contributed by atoms with Gasteiger partial charge in [0.05, 0.1) is 6.61 Å². The predicted octanol–water partition coefficient (Wildman–Crippen LogP) is 6.04. The molecule has 116 valence electrons. The Labute approximate surface area is 135 Å². The molecular weight excluding hydrogens is 300 g/mol. The Hall–Kier alpha value is -0.870. The van der Waals surface area contributed by atoms with Gasteiger partial charge in [0.25, 0.3) is 0 Å². The number of carbonyl (C=O) groups excluding carboxylic acids is 1. The molecule has 0 saturated carbocycles. The third kappa shape index (κ3) is 4.30. The lowest BCUT2D eigenvalue weighted by Gasteiger charge is -2.04. The van der Waals surface area contributed by atoms with Crippen LogP contribution in [0.5, 0.6) is 0 Å². The van der Waals surface area contributed by atoms with E-state index in [2.05, 4.69) is 18.4 Å². The van der Waals surface area contributed by atoms with E-state index in [0.717, 1.165) is 11.3 Å². The van der Waals surface area contributed by atoms with Gasteiger partial charge in [0.2, 0.25) is 0 Å². The number of carbonyl (C=O) groups is 1. The molecule has 0 aliphatic carbocycles. The molecule has 2 nitrogen and oxygen atoms in total. The summed E-state index contributed by atoms with van der Waals surface area (Å²) in [5.74, 6) is -0.146. The van der Waals surface area contributed by atoms with Crippen LogP contribution in [0.2, 0.25) is 0 Å². The summed E-state index contributed by atoms with van der Waals surface area (Å²) < 4.78 is 7.72. The molecule has 0 aliphatic heterocycles. The molecule has 2 aromatic heterocycles. The summed E-state index contributed by atoms with van der Waals surface area (Å²) in [6.07, 6.45) is 8.68. The number of hydrogen-bond acceptors (Lipinski definition) is 4. The van der Waals surface area contributed by atoms with Crippen LogP contribution in [0.1, 0.15) is 67.6 Å². The first kappa shape index (κ1) is 16.5. The Balaban J connectivity index is 2.00. The topological polar surface area (TPSA) is 26.3 Å². The summed E-state index contributed by atoms with van der Waals surface area (Å²) >= 11 is 3.33. The minimum atomic E-state index is -0.146. The van der Waals surface area contributed by atoms with E-state index in [-0.39, 0.29) is 5.97 Å². The van der Waals surface area contributed by atoms with Crippen molar-refractivity contribution in [2.75, 3.05) is 6.61 Å². The molecule has 0 fully saturated rings. The molecular formula is C17H24O2S2. The third-order valence-electron chi connectivity index (χ3n) is 3.63. The molecule has 0 aliphatic rings. The standard InChI is InChI=1S/C17H24O2S2/c1-3-5-6-7-8-9-10-13-15-14(11-12-20-15)21-16(13)17(18)19-4-2/h11-12H,3-10H2,1-2H3. The van der Waals surface area contributed by atoms with Gasteiger partial charge in [0.15, 0.2) is 0 Å². The first-order valence-electron chi connectivity index (χ1n) is 7.93. The van der Waals surface area contributed by atoms with Gasteiger partial charge in [-0.3, -0.25) is 0 Å². The van der Waals surface area contributed by atoms with Crippen LogP contribution in [-0.4, -0.2) is 12.6 Å². The first-order valence-corrected chi connectivity index (χ1v) is 9.63. The molecule has 0 N–H and O–H groups in total. The number of unbranched alkanes of at least 4 members (excludes halogenated alkanes) is 5. The van der Waals surface area contributed by atoms with E-state index < -0.39 is 0 Å². The smallest absolute Gasteiger partial charge is 0.348 e. The normalized spacial score (nSPS) is 11.1. The molecule has 21 heavy (non-hydrogen) atoms. The maximum absolute atomic E-state index is 12.1. The number of aryl methyl sites for hydroxylation is 1. The SMILES string of the molecule is CCCCCCCCc1c(C(=O)OCC)sc2ccsc12. The van der Waals surface area contributed by atoms with Gasteiger partial charge < -0.3 is 4.74 Å². The zero-order chi connectivity index (χ0) is 15.1. The average molecular weight is 325 g/mol. The number of fused-ring (bicyclic) bond motifs is 1. The number of thiophene rings is 2. The van der Waals surface area contributed by atoms with Gasteiger partial charge in [-0.15, -0.1) is 22.7 Å². The fraction of sp³-hybridized carbons (Fsp3) is 0.588. The lowest BCUT2D eigenvalue weighted by Crippen LogP contribution is -2.05. The highest BCUT2D eigenvalue weighted by Gasteiger charge is 2.19. The molecule has 2 heterocycles. The monoisotopic (exact) mass is 324 g/mol. The van der Waals surface area contributed by atoms with Gasteiger partial charge in [0, 0.05) is 9.40 Å². The van der Waals surface area contributed by atoms with Crippen LogP contribution in [0.25, 0.3) is 9.40 Å². The maximum Gasteiger partial charge on any atom is 0.348 e. The summed E-state index contributed by atoms with van der Waals surface area (Å²) in [5, 5.41) is 2.11. The number of rotatable bonds is 9. The third-order valence-corrected chi connectivity index (χ3v) is 5.91. The fourth-order valence-corrected chi connectivity index (χ4v) is 4.88. The molecule has 4 heteroatoms. The van der Waals surface area contributed by atoms with Crippen molar-refractivity contribution in [1.82, 2.24) is 0 Å². The number of esters is 1. The van der Waals surface area contributed by atoms with Crippen molar-refractivity contribution in [2.45, 2.75) is 58.8 Å². The van der Waals surface area contributed by atoms with Crippen molar-refractivity contribution in [2.24, 2.45) is 0 Å². The van der Waals surface area contributed by atoms with Crippen molar-refractivity contribution in [1.29, 1.82) is 0 Å². The van der Waals surface area contributed by atoms with Gasteiger partial charge in [0.1, 0.15) is 4.88 Å². The number of ether oxygens (including phenoxy) is 1. The highest BCUT2D eigenvalue weighted by atomic mass is 32.1. The second-order valence-electron chi connectivity index (χ2n) is 5.26. The van der Waals surface area contributed by atoms with Gasteiger partial charge >= 0.3 is 5.97 Å². The summed E-state index contributed by atoms with van der Waals surface area (Å²) in [4.78, 5) is 12.9. The largest absolute Gasteiger partial charge is 0.462 e. The molecule has 0 amide bonds. The van der Waals surface area contributed by atoms with Crippen molar-refractivity contribution >= 4 is 38.0 Å².